The standard InChI is InChI=1S/C16H15Cl2N3O3/c1-20(9-11-3-2-4-12(17)7-11)10-16(22)19-14-6-5-13(18)8-15(14)21(23)24/h2-8H,9-10H2,1H3,(H,19,22)/p+1. The molecule has 0 aromatic heterocycles. The van der Waals surface area contributed by atoms with E-state index in [0.717, 1.165) is 10.5 Å². The van der Waals surface area contributed by atoms with Crippen molar-refractivity contribution in [1.82, 2.24) is 0 Å². The molecule has 1 amide bonds. The maximum atomic E-state index is 12.1. The summed E-state index contributed by atoms with van der Waals surface area (Å²) in [4.78, 5) is 23.5. The van der Waals surface area contributed by atoms with E-state index in [2.05, 4.69) is 5.32 Å². The molecule has 0 aliphatic heterocycles. The van der Waals surface area contributed by atoms with Gasteiger partial charge in [-0.05, 0) is 24.3 Å². The van der Waals surface area contributed by atoms with E-state index in [0.29, 0.717) is 11.6 Å². The molecule has 0 bridgehead atoms. The van der Waals surface area contributed by atoms with Crippen LogP contribution in [0.15, 0.2) is 42.5 Å². The van der Waals surface area contributed by atoms with Crippen LogP contribution in [0.2, 0.25) is 10.0 Å². The zero-order valence-electron chi connectivity index (χ0n) is 12.9. The monoisotopic (exact) mass is 368 g/mol. The highest BCUT2D eigenvalue weighted by Gasteiger charge is 2.18. The molecule has 6 nitrogen and oxygen atoms in total. The average Bonchev–Trinajstić information content (AvgIpc) is 2.48. The molecule has 0 spiro atoms. The molecule has 2 rings (SSSR count). The van der Waals surface area contributed by atoms with E-state index in [1.54, 1.807) is 6.07 Å². The molecule has 2 aromatic rings. The maximum Gasteiger partial charge on any atom is 0.294 e. The van der Waals surface area contributed by atoms with Crippen molar-refractivity contribution in [2.45, 2.75) is 6.54 Å². The average molecular weight is 369 g/mol. The Morgan fingerprint density at radius 2 is 1.92 bits per heavy atom. The molecule has 0 saturated heterocycles. The van der Waals surface area contributed by atoms with Gasteiger partial charge in [-0.2, -0.15) is 0 Å². The lowest BCUT2D eigenvalue weighted by molar-refractivity contribution is -0.885. The van der Waals surface area contributed by atoms with Crippen molar-refractivity contribution in [3.05, 3.63) is 68.2 Å². The molecule has 0 saturated carbocycles. The highest BCUT2D eigenvalue weighted by molar-refractivity contribution is 6.31. The zero-order valence-corrected chi connectivity index (χ0v) is 14.4. The van der Waals surface area contributed by atoms with Crippen LogP contribution in [0.4, 0.5) is 11.4 Å². The van der Waals surface area contributed by atoms with Crippen LogP contribution in [0.3, 0.4) is 0 Å². The molecule has 1 unspecified atom stereocenters. The Balaban J connectivity index is 1.99. The zero-order chi connectivity index (χ0) is 17.7. The second-order valence-corrected chi connectivity index (χ2v) is 6.28. The number of rotatable bonds is 6. The molecule has 0 fully saturated rings. The molecule has 8 heteroatoms. The van der Waals surface area contributed by atoms with Gasteiger partial charge in [0.05, 0.1) is 12.0 Å². The third kappa shape index (κ3) is 5.19. The SMILES string of the molecule is C[NH+](CC(=O)Nc1ccc(Cl)cc1[N+](=O)[O-])Cc1cccc(Cl)c1. The van der Waals surface area contributed by atoms with Crippen molar-refractivity contribution < 1.29 is 14.6 Å². The van der Waals surface area contributed by atoms with Crippen LogP contribution in [0.1, 0.15) is 5.56 Å². The van der Waals surface area contributed by atoms with E-state index in [1.807, 2.05) is 25.2 Å². The van der Waals surface area contributed by atoms with Gasteiger partial charge in [-0.1, -0.05) is 35.3 Å². The molecule has 2 N–H and O–H groups in total. The number of anilines is 1. The highest BCUT2D eigenvalue weighted by atomic mass is 35.5. The molecule has 1 atom stereocenters. The minimum Gasteiger partial charge on any atom is -0.326 e. The Morgan fingerprint density at radius 1 is 1.21 bits per heavy atom. The number of hydrogen-bond donors (Lipinski definition) is 2. The molecular formula is C16H16Cl2N3O3+. The fraction of sp³-hybridized carbons (Fsp3) is 0.188. The normalized spacial score (nSPS) is 11.8. The Bertz CT molecular complexity index is 768. The molecule has 0 radical (unpaired) electrons. The first-order valence-electron chi connectivity index (χ1n) is 7.14. The Labute approximate surface area is 149 Å². The third-order valence-corrected chi connectivity index (χ3v) is 3.76. The van der Waals surface area contributed by atoms with Crippen molar-refractivity contribution >= 4 is 40.5 Å². The minimum absolute atomic E-state index is 0.130. The van der Waals surface area contributed by atoms with Crippen LogP contribution in [0, 0.1) is 10.1 Å². The lowest BCUT2D eigenvalue weighted by Crippen LogP contribution is -3.08. The van der Waals surface area contributed by atoms with Gasteiger partial charge >= 0.3 is 0 Å². The summed E-state index contributed by atoms with van der Waals surface area (Å²) in [7, 11) is 1.86. The summed E-state index contributed by atoms with van der Waals surface area (Å²) in [5.74, 6) is -0.319. The van der Waals surface area contributed by atoms with Crippen molar-refractivity contribution in [2.24, 2.45) is 0 Å². The first kappa shape index (κ1) is 18.2. The van der Waals surface area contributed by atoms with E-state index < -0.39 is 4.92 Å². The number of nitrogens with one attached hydrogen (secondary N) is 2. The number of amides is 1. The number of nitro groups is 1. The molecule has 24 heavy (non-hydrogen) atoms. The van der Waals surface area contributed by atoms with E-state index in [-0.39, 0.29) is 28.8 Å². The van der Waals surface area contributed by atoms with Crippen molar-refractivity contribution in [2.75, 3.05) is 18.9 Å². The number of hydrogen-bond acceptors (Lipinski definition) is 3. The Hall–Kier alpha value is -2.15. The van der Waals surface area contributed by atoms with E-state index in [1.165, 1.54) is 18.2 Å². The number of quaternary nitrogens is 1. The number of halogens is 2. The van der Waals surface area contributed by atoms with Crippen LogP contribution in [0.25, 0.3) is 0 Å². The fourth-order valence-corrected chi connectivity index (χ4v) is 2.67. The van der Waals surface area contributed by atoms with Gasteiger partial charge in [0.1, 0.15) is 12.2 Å². The minimum atomic E-state index is -0.579. The predicted molar refractivity (Wildman–Crippen MR) is 93.6 cm³/mol. The fourth-order valence-electron chi connectivity index (χ4n) is 2.29. The summed E-state index contributed by atoms with van der Waals surface area (Å²) < 4.78 is 0. The largest absolute Gasteiger partial charge is 0.326 e. The lowest BCUT2D eigenvalue weighted by atomic mass is 10.2. The van der Waals surface area contributed by atoms with E-state index in [4.69, 9.17) is 23.2 Å². The summed E-state index contributed by atoms with van der Waals surface area (Å²) in [6.07, 6.45) is 0. The Kier molecular flexibility index (Phi) is 6.14. The number of likely N-dealkylation sites (N-methyl/N-ethyl adjacent to an activating group) is 1. The Morgan fingerprint density at radius 3 is 2.58 bits per heavy atom. The van der Waals surface area contributed by atoms with Gasteiger partial charge in [0.15, 0.2) is 6.54 Å². The van der Waals surface area contributed by atoms with Crippen LogP contribution in [-0.4, -0.2) is 24.4 Å². The van der Waals surface area contributed by atoms with Gasteiger partial charge in [0.2, 0.25) is 0 Å². The first-order valence-corrected chi connectivity index (χ1v) is 7.90. The van der Waals surface area contributed by atoms with Gasteiger partial charge < -0.3 is 10.2 Å². The van der Waals surface area contributed by atoms with E-state index in [9.17, 15) is 14.9 Å². The summed E-state index contributed by atoms with van der Waals surface area (Å²) >= 11 is 11.7. The number of carbonyl (C=O) groups excluding carboxylic acids is 1. The van der Waals surface area contributed by atoms with Crippen LogP contribution >= 0.6 is 23.2 Å². The van der Waals surface area contributed by atoms with Crippen LogP contribution in [-0.2, 0) is 11.3 Å². The third-order valence-electron chi connectivity index (χ3n) is 3.29. The molecule has 0 heterocycles. The lowest BCUT2D eigenvalue weighted by Gasteiger charge is -2.14. The van der Waals surface area contributed by atoms with Gasteiger partial charge in [0.25, 0.3) is 11.6 Å². The van der Waals surface area contributed by atoms with Crippen LogP contribution in [0.5, 0.6) is 0 Å². The van der Waals surface area contributed by atoms with Crippen molar-refractivity contribution in [1.29, 1.82) is 0 Å². The maximum absolute atomic E-state index is 12.1. The summed E-state index contributed by atoms with van der Waals surface area (Å²) in [5.41, 5.74) is 0.901. The van der Waals surface area contributed by atoms with Gasteiger partial charge in [0, 0.05) is 21.7 Å². The quantitative estimate of drug-likeness (QED) is 0.607. The smallest absolute Gasteiger partial charge is 0.294 e. The molecule has 126 valence electrons. The van der Waals surface area contributed by atoms with Crippen LogP contribution < -0.4 is 10.2 Å². The number of carbonyl (C=O) groups is 1. The second kappa shape index (κ2) is 8.10. The second-order valence-electron chi connectivity index (χ2n) is 5.41. The van der Waals surface area contributed by atoms with Gasteiger partial charge in [-0.3, -0.25) is 14.9 Å². The summed E-state index contributed by atoms with van der Waals surface area (Å²) in [6.45, 7) is 0.767. The molecule has 0 aliphatic carbocycles. The number of nitro benzene ring substituents is 1. The number of nitrogens with zero attached hydrogens (tertiary/aromatic N) is 1. The van der Waals surface area contributed by atoms with Gasteiger partial charge in [-0.15, -0.1) is 0 Å². The molecule has 2 aromatic carbocycles. The van der Waals surface area contributed by atoms with Crippen molar-refractivity contribution in [3.8, 4) is 0 Å². The molecule has 0 aliphatic rings. The first-order chi connectivity index (χ1) is 11.3. The summed E-state index contributed by atoms with van der Waals surface area (Å²) in [5, 5.41) is 14.5. The topological polar surface area (TPSA) is 76.7 Å². The number of benzene rings is 2. The van der Waals surface area contributed by atoms with Gasteiger partial charge in [-0.25, -0.2) is 0 Å². The van der Waals surface area contributed by atoms with E-state index >= 15 is 0 Å². The van der Waals surface area contributed by atoms with Crippen molar-refractivity contribution in [3.63, 3.8) is 0 Å². The predicted octanol–water partition coefficient (Wildman–Crippen LogP) is 2.56. The highest BCUT2D eigenvalue weighted by Crippen LogP contribution is 2.27. The molecular weight excluding hydrogens is 353 g/mol. The summed E-state index contributed by atoms with van der Waals surface area (Å²) in [6, 6.07) is 11.5.